The van der Waals surface area contributed by atoms with Crippen LogP contribution in [0.1, 0.15) is 31.1 Å². The van der Waals surface area contributed by atoms with Crippen LogP contribution < -0.4 is 15.9 Å². The molecule has 4 aromatic rings. The largest absolute Gasteiger partial charge is 0.294 e. The molecule has 2 heteroatoms. The summed E-state index contributed by atoms with van der Waals surface area (Å²) < 4.78 is 0. The van der Waals surface area contributed by atoms with E-state index in [0.29, 0.717) is 0 Å². The summed E-state index contributed by atoms with van der Waals surface area (Å²) in [4.78, 5) is 13.5. The highest BCUT2D eigenvalue weighted by atomic mass is 31.1. The summed E-state index contributed by atoms with van der Waals surface area (Å²) in [6, 6.07) is 33.7. The normalized spacial score (nSPS) is 11.7. The molecule has 0 unspecified atom stereocenters. The number of carbonyl (C=O) groups is 1. The standard InChI is InChI=1S/C27H25OP/c1-27(2,3)26(28)24-19-18-20-12-10-11-17-23(20)25(24)29(21-13-6-4-7-14-21)22-15-8-5-9-16-22/h4-19H,1-3H3. The number of rotatable bonds is 4. The molecule has 29 heavy (non-hydrogen) atoms. The Kier molecular flexibility index (Phi) is 5.35. The van der Waals surface area contributed by atoms with Crippen LogP contribution in [-0.2, 0) is 0 Å². The Morgan fingerprint density at radius 2 is 1.17 bits per heavy atom. The van der Waals surface area contributed by atoms with Gasteiger partial charge in [0, 0.05) is 16.3 Å². The predicted molar refractivity (Wildman–Crippen MR) is 126 cm³/mol. The monoisotopic (exact) mass is 396 g/mol. The number of Topliss-reactive ketones (excluding diaryl/α,β-unsaturated/α-hetero) is 1. The van der Waals surface area contributed by atoms with Gasteiger partial charge in [0.1, 0.15) is 0 Å². The van der Waals surface area contributed by atoms with Crippen molar-refractivity contribution in [3.8, 4) is 0 Å². The predicted octanol–water partition coefficient (Wildman–Crippen LogP) is 5.83. The molecule has 0 heterocycles. The van der Waals surface area contributed by atoms with Crippen molar-refractivity contribution < 1.29 is 4.79 Å². The molecular weight excluding hydrogens is 371 g/mol. The second-order valence-corrected chi connectivity index (χ2v) is 10.4. The quantitative estimate of drug-likeness (QED) is 0.313. The van der Waals surface area contributed by atoms with Gasteiger partial charge in [0.2, 0.25) is 0 Å². The van der Waals surface area contributed by atoms with E-state index in [1.165, 1.54) is 21.4 Å². The van der Waals surface area contributed by atoms with Crippen LogP contribution in [0.15, 0.2) is 97.1 Å². The molecule has 4 aromatic carbocycles. The van der Waals surface area contributed by atoms with Crippen LogP contribution in [0.3, 0.4) is 0 Å². The first-order valence-corrected chi connectivity index (χ1v) is 11.3. The number of ketones is 1. The fourth-order valence-electron chi connectivity index (χ4n) is 3.64. The van der Waals surface area contributed by atoms with Gasteiger partial charge in [-0.25, -0.2) is 0 Å². The molecule has 0 aliphatic rings. The smallest absolute Gasteiger partial charge is 0.168 e. The second kappa shape index (κ2) is 7.93. The molecule has 0 radical (unpaired) electrons. The maximum absolute atomic E-state index is 13.5. The van der Waals surface area contributed by atoms with Crippen molar-refractivity contribution in [1.82, 2.24) is 0 Å². The summed E-state index contributed by atoms with van der Waals surface area (Å²) in [7, 11) is -0.867. The molecule has 0 amide bonds. The van der Waals surface area contributed by atoms with Crippen molar-refractivity contribution >= 4 is 40.4 Å². The van der Waals surface area contributed by atoms with E-state index in [4.69, 9.17) is 0 Å². The highest BCUT2D eigenvalue weighted by Gasteiger charge is 2.30. The third kappa shape index (κ3) is 3.88. The summed E-state index contributed by atoms with van der Waals surface area (Å²) in [6.45, 7) is 6.00. The maximum Gasteiger partial charge on any atom is 0.168 e. The molecule has 144 valence electrons. The lowest BCUT2D eigenvalue weighted by molar-refractivity contribution is 0.0859. The Labute approximate surface area is 174 Å². The van der Waals surface area contributed by atoms with Gasteiger partial charge in [-0.05, 0) is 29.3 Å². The van der Waals surface area contributed by atoms with Crippen LogP contribution >= 0.6 is 7.92 Å². The Morgan fingerprint density at radius 1 is 0.655 bits per heavy atom. The molecule has 0 aliphatic carbocycles. The average molecular weight is 396 g/mol. The molecule has 0 bridgehead atoms. The zero-order valence-corrected chi connectivity index (χ0v) is 18.0. The van der Waals surface area contributed by atoms with Gasteiger partial charge in [0.15, 0.2) is 5.78 Å². The van der Waals surface area contributed by atoms with Gasteiger partial charge in [0.05, 0.1) is 0 Å². The molecular formula is C27H25OP. The summed E-state index contributed by atoms with van der Waals surface area (Å²) in [6.07, 6.45) is 0. The van der Waals surface area contributed by atoms with Crippen molar-refractivity contribution in [3.05, 3.63) is 103 Å². The third-order valence-electron chi connectivity index (χ3n) is 5.08. The molecule has 0 atom stereocenters. The van der Waals surface area contributed by atoms with Crippen molar-refractivity contribution in [1.29, 1.82) is 0 Å². The van der Waals surface area contributed by atoms with E-state index < -0.39 is 13.3 Å². The first-order valence-electron chi connectivity index (χ1n) is 9.93. The number of benzene rings is 4. The zero-order valence-electron chi connectivity index (χ0n) is 17.1. The molecule has 0 aromatic heterocycles. The minimum atomic E-state index is -0.867. The van der Waals surface area contributed by atoms with E-state index in [1.807, 2.05) is 39.0 Å². The average Bonchev–Trinajstić information content (AvgIpc) is 2.74. The van der Waals surface area contributed by atoms with E-state index >= 15 is 0 Å². The van der Waals surface area contributed by atoms with Crippen LogP contribution in [0, 0.1) is 5.41 Å². The van der Waals surface area contributed by atoms with E-state index in [1.54, 1.807) is 0 Å². The van der Waals surface area contributed by atoms with Gasteiger partial charge < -0.3 is 0 Å². The Morgan fingerprint density at radius 3 is 1.72 bits per heavy atom. The van der Waals surface area contributed by atoms with E-state index in [-0.39, 0.29) is 5.78 Å². The first kappa shape index (κ1) is 19.6. The molecule has 0 fully saturated rings. The molecule has 0 spiro atoms. The summed E-state index contributed by atoms with van der Waals surface area (Å²) in [5.41, 5.74) is 0.404. The van der Waals surface area contributed by atoms with Crippen molar-refractivity contribution in [2.45, 2.75) is 20.8 Å². The lowest BCUT2D eigenvalue weighted by Crippen LogP contribution is -2.30. The van der Waals surface area contributed by atoms with E-state index in [0.717, 1.165) is 10.9 Å². The van der Waals surface area contributed by atoms with Crippen molar-refractivity contribution in [2.24, 2.45) is 5.41 Å². The number of hydrogen-bond acceptors (Lipinski definition) is 1. The Balaban J connectivity index is 2.09. The number of hydrogen-bond donors (Lipinski definition) is 0. The van der Waals surface area contributed by atoms with Crippen molar-refractivity contribution in [2.75, 3.05) is 0 Å². The maximum atomic E-state index is 13.5. The van der Waals surface area contributed by atoms with Gasteiger partial charge in [-0.3, -0.25) is 4.79 Å². The van der Waals surface area contributed by atoms with Crippen molar-refractivity contribution in [3.63, 3.8) is 0 Å². The van der Waals surface area contributed by atoms with Crippen LogP contribution in [0.25, 0.3) is 10.8 Å². The Bertz CT molecular complexity index is 1100. The van der Waals surface area contributed by atoms with Crippen LogP contribution in [0.4, 0.5) is 0 Å². The zero-order chi connectivity index (χ0) is 20.4. The van der Waals surface area contributed by atoms with E-state index in [2.05, 4.69) is 78.9 Å². The SMILES string of the molecule is CC(C)(C)C(=O)c1ccc2ccccc2c1P(c1ccccc1)c1ccccc1. The molecule has 1 nitrogen and oxygen atoms in total. The second-order valence-electron chi connectivity index (χ2n) is 8.27. The van der Waals surface area contributed by atoms with Crippen LogP contribution in [0.5, 0.6) is 0 Å². The van der Waals surface area contributed by atoms with Crippen LogP contribution in [-0.4, -0.2) is 5.78 Å². The topological polar surface area (TPSA) is 17.1 Å². The minimum absolute atomic E-state index is 0.192. The highest BCUT2D eigenvalue weighted by molar-refractivity contribution is 7.80. The minimum Gasteiger partial charge on any atom is -0.294 e. The highest BCUT2D eigenvalue weighted by Crippen LogP contribution is 2.38. The lowest BCUT2D eigenvalue weighted by Gasteiger charge is -2.26. The van der Waals surface area contributed by atoms with Gasteiger partial charge in [-0.1, -0.05) is 118 Å². The molecule has 0 saturated carbocycles. The fourth-order valence-corrected chi connectivity index (χ4v) is 6.26. The molecule has 0 aliphatic heterocycles. The van der Waals surface area contributed by atoms with Gasteiger partial charge >= 0.3 is 0 Å². The van der Waals surface area contributed by atoms with Gasteiger partial charge in [0.25, 0.3) is 0 Å². The fraction of sp³-hybridized carbons (Fsp3) is 0.148. The van der Waals surface area contributed by atoms with Gasteiger partial charge in [-0.15, -0.1) is 0 Å². The third-order valence-corrected chi connectivity index (χ3v) is 7.64. The number of fused-ring (bicyclic) bond motifs is 1. The molecule has 0 saturated heterocycles. The summed E-state index contributed by atoms with van der Waals surface area (Å²) in [5, 5.41) is 6.02. The van der Waals surface area contributed by atoms with Gasteiger partial charge in [-0.2, -0.15) is 0 Å². The first-order chi connectivity index (χ1) is 14.0. The lowest BCUT2D eigenvalue weighted by atomic mass is 9.86. The molecule has 4 rings (SSSR count). The van der Waals surface area contributed by atoms with Crippen LogP contribution in [0.2, 0.25) is 0 Å². The molecule has 0 N–H and O–H groups in total. The summed E-state index contributed by atoms with van der Waals surface area (Å²) >= 11 is 0. The Hall–Kier alpha value is -2.76. The number of carbonyl (C=O) groups excluding carboxylic acids is 1. The van der Waals surface area contributed by atoms with E-state index in [9.17, 15) is 4.79 Å². The summed E-state index contributed by atoms with van der Waals surface area (Å²) in [5.74, 6) is 0.192.